The zero-order valence-corrected chi connectivity index (χ0v) is 6.73. The molecule has 1 rings (SSSR count). The van der Waals surface area contributed by atoms with E-state index >= 15 is 0 Å². The molecule has 4 nitrogen and oxygen atoms in total. The quantitative estimate of drug-likeness (QED) is 0.692. The molecule has 1 unspecified atom stereocenters. The third kappa shape index (κ3) is 3.28. The van der Waals surface area contributed by atoms with Crippen LogP contribution in [0.15, 0.2) is 24.4 Å². The molecule has 0 aliphatic heterocycles. The van der Waals surface area contributed by atoms with Crippen LogP contribution in [0.25, 0.3) is 0 Å². The summed E-state index contributed by atoms with van der Waals surface area (Å²) in [4.78, 5) is 12.2. The van der Waals surface area contributed by atoms with E-state index in [0.717, 1.165) is 0 Å². The molecule has 0 radical (unpaired) electrons. The molecule has 1 atom stereocenters. The molecular formula is C6H8NO3P. The van der Waals surface area contributed by atoms with Crippen molar-refractivity contribution >= 4 is 8.25 Å². The summed E-state index contributed by atoms with van der Waals surface area (Å²) in [5.41, 5.74) is 0.653. The average Bonchev–Trinajstić information content (AvgIpc) is 2.03. The Kier molecular flexibility index (Phi) is 3.23. The molecule has 1 heterocycles. The number of rotatable bonds is 3. The van der Waals surface area contributed by atoms with E-state index in [2.05, 4.69) is 9.51 Å². The van der Waals surface area contributed by atoms with E-state index in [1.54, 1.807) is 24.4 Å². The van der Waals surface area contributed by atoms with Crippen LogP contribution in [0.1, 0.15) is 5.69 Å². The van der Waals surface area contributed by atoms with Crippen molar-refractivity contribution in [3.63, 3.8) is 0 Å². The van der Waals surface area contributed by atoms with Crippen molar-refractivity contribution in [1.82, 2.24) is 4.98 Å². The fraction of sp³-hybridized carbons (Fsp3) is 0.167. The highest BCUT2D eigenvalue weighted by molar-refractivity contribution is 7.32. The minimum atomic E-state index is -2.82. The molecule has 60 valence electrons. The van der Waals surface area contributed by atoms with Gasteiger partial charge < -0.3 is 9.42 Å². The third-order valence-corrected chi connectivity index (χ3v) is 1.46. The summed E-state index contributed by atoms with van der Waals surface area (Å²) < 4.78 is 14.6. The van der Waals surface area contributed by atoms with E-state index in [1.165, 1.54) is 0 Å². The van der Waals surface area contributed by atoms with Gasteiger partial charge in [-0.1, -0.05) is 6.07 Å². The predicted molar refractivity (Wildman–Crippen MR) is 40.2 cm³/mol. The summed E-state index contributed by atoms with van der Waals surface area (Å²) in [6, 6.07) is 5.29. The zero-order chi connectivity index (χ0) is 8.10. The molecule has 0 aliphatic carbocycles. The van der Waals surface area contributed by atoms with Gasteiger partial charge in [0.25, 0.3) is 0 Å². The molecule has 0 aromatic carbocycles. The van der Waals surface area contributed by atoms with E-state index in [4.69, 9.17) is 4.89 Å². The topological polar surface area (TPSA) is 59.4 Å². The van der Waals surface area contributed by atoms with Gasteiger partial charge in [-0.25, -0.2) is 0 Å². The first-order valence-corrected chi connectivity index (χ1v) is 4.31. The van der Waals surface area contributed by atoms with Gasteiger partial charge in [-0.3, -0.25) is 9.55 Å². The Morgan fingerprint density at radius 2 is 2.45 bits per heavy atom. The molecule has 0 saturated carbocycles. The summed E-state index contributed by atoms with van der Waals surface area (Å²) >= 11 is 0. The van der Waals surface area contributed by atoms with Crippen LogP contribution in [0.5, 0.6) is 0 Å². The molecule has 0 fully saturated rings. The van der Waals surface area contributed by atoms with Gasteiger partial charge in [-0.15, -0.1) is 0 Å². The lowest BCUT2D eigenvalue weighted by atomic mass is 10.4. The van der Waals surface area contributed by atoms with Crippen LogP contribution in [-0.2, 0) is 15.7 Å². The number of nitrogens with zero attached hydrogens (tertiary/aromatic N) is 1. The fourth-order valence-electron chi connectivity index (χ4n) is 0.619. The molecule has 1 N–H and O–H groups in total. The normalized spacial score (nSPS) is 12.8. The molecule has 1 aromatic rings. The van der Waals surface area contributed by atoms with Gasteiger partial charge in [-0.05, 0) is 12.1 Å². The standard InChI is InChI=1S/C6H8NO3P/c8-11(9)10-5-6-3-1-2-4-7-6/h1-4,11H,5H2,(H,8,9). The average molecular weight is 173 g/mol. The van der Waals surface area contributed by atoms with Gasteiger partial charge in [0.2, 0.25) is 0 Å². The van der Waals surface area contributed by atoms with Crippen LogP contribution in [0, 0.1) is 0 Å². The SMILES string of the molecule is O=[PH](O)OCc1ccccn1. The highest BCUT2D eigenvalue weighted by atomic mass is 31.1. The van der Waals surface area contributed by atoms with Gasteiger partial charge >= 0.3 is 8.25 Å². The summed E-state index contributed by atoms with van der Waals surface area (Å²) in [7, 11) is -2.82. The van der Waals surface area contributed by atoms with E-state index < -0.39 is 8.25 Å². The highest BCUT2D eigenvalue weighted by Gasteiger charge is 1.94. The van der Waals surface area contributed by atoms with Gasteiger partial charge in [0.1, 0.15) is 0 Å². The zero-order valence-electron chi connectivity index (χ0n) is 5.73. The van der Waals surface area contributed by atoms with E-state index in [1.807, 2.05) is 0 Å². The largest absolute Gasteiger partial charge is 0.326 e. The Morgan fingerprint density at radius 3 is 3.00 bits per heavy atom. The van der Waals surface area contributed by atoms with E-state index in [9.17, 15) is 4.57 Å². The first kappa shape index (κ1) is 8.40. The van der Waals surface area contributed by atoms with Crippen LogP contribution in [0.2, 0.25) is 0 Å². The van der Waals surface area contributed by atoms with Gasteiger partial charge in [0.05, 0.1) is 12.3 Å². The number of aromatic nitrogens is 1. The Bertz CT molecular complexity index is 239. The number of hydrogen-bond donors (Lipinski definition) is 1. The lowest BCUT2D eigenvalue weighted by molar-refractivity contribution is 0.269. The molecule has 0 spiro atoms. The lowest BCUT2D eigenvalue weighted by Crippen LogP contribution is -1.88. The molecule has 0 saturated heterocycles. The maximum Gasteiger partial charge on any atom is 0.316 e. The van der Waals surface area contributed by atoms with Crippen molar-refractivity contribution < 1.29 is 14.0 Å². The second-order valence-electron chi connectivity index (χ2n) is 1.88. The van der Waals surface area contributed by atoms with Crippen LogP contribution in [0.3, 0.4) is 0 Å². The Morgan fingerprint density at radius 1 is 1.64 bits per heavy atom. The Balaban J connectivity index is 2.45. The fourth-order valence-corrected chi connectivity index (χ4v) is 0.891. The third-order valence-electron chi connectivity index (χ3n) is 1.07. The Hall–Kier alpha value is -0.700. The molecule has 11 heavy (non-hydrogen) atoms. The molecular weight excluding hydrogens is 165 g/mol. The van der Waals surface area contributed by atoms with Crippen molar-refractivity contribution in [3.8, 4) is 0 Å². The first-order chi connectivity index (χ1) is 5.29. The van der Waals surface area contributed by atoms with Crippen LogP contribution in [-0.4, -0.2) is 9.88 Å². The second kappa shape index (κ2) is 4.23. The summed E-state index contributed by atoms with van der Waals surface area (Å²) in [6.45, 7) is 0.0924. The van der Waals surface area contributed by atoms with E-state index in [0.29, 0.717) is 5.69 Å². The van der Waals surface area contributed by atoms with E-state index in [-0.39, 0.29) is 6.61 Å². The van der Waals surface area contributed by atoms with Crippen molar-refractivity contribution in [1.29, 1.82) is 0 Å². The molecule has 1 aromatic heterocycles. The molecule has 5 heteroatoms. The van der Waals surface area contributed by atoms with Crippen LogP contribution in [0.4, 0.5) is 0 Å². The minimum Gasteiger partial charge on any atom is -0.326 e. The first-order valence-electron chi connectivity index (χ1n) is 3.04. The lowest BCUT2D eigenvalue weighted by Gasteiger charge is -1.97. The number of hydrogen-bond acceptors (Lipinski definition) is 3. The minimum absolute atomic E-state index is 0.0924. The molecule has 0 amide bonds. The summed E-state index contributed by atoms with van der Waals surface area (Å²) in [6.07, 6.45) is 1.60. The van der Waals surface area contributed by atoms with Crippen molar-refractivity contribution in [3.05, 3.63) is 30.1 Å². The maximum absolute atomic E-state index is 10.1. The Labute approximate surface area is 64.8 Å². The second-order valence-corrected chi connectivity index (χ2v) is 2.70. The van der Waals surface area contributed by atoms with Gasteiger partial charge in [0.15, 0.2) is 0 Å². The van der Waals surface area contributed by atoms with Crippen LogP contribution >= 0.6 is 8.25 Å². The van der Waals surface area contributed by atoms with Crippen molar-refractivity contribution in [2.45, 2.75) is 6.61 Å². The monoisotopic (exact) mass is 173 g/mol. The van der Waals surface area contributed by atoms with Gasteiger partial charge in [0, 0.05) is 6.20 Å². The van der Waals surface area contributed by atoms with Gasteiger partial charge in [-0.2, -0.15) is 0 Å². The maximum atomic E-state index is 10.1. The predicted octanol–water partition coefficient (Wildman–Crippen LogP) is 0.980. The number of pyridine rings is 1. The molecule has 0 aliphatic rings. The van der Waals surface area contributed by atoms with Crippen molar-refractivity contribution in [2.24, 2.45) is 0 Å². The smallest absolute Gasteiger partial charge is 0.316 e. The summed E-state index contributed by atoms with van der Waals surface area (Å²) in [5, 5.41) is 0. The summed E-state index contributed by atoms with van der Waals surface area (Å²) in [5.74, 6) is 0. The van der Waals surface area contributed by atoms with Crippen molar-refractivity contribution in [2.75, 3.05) is 0 Å². The van der Waals surface area contributed by atoms with Crippen LogP contribution < -0.4 is 0 Å². The highest BCUT2D eigenvalue weighted by Crippen LogP contribution is 2.16. The molecule has 0 bridgehead atoms.